The van der Waals surface area contributed by atoms with Crippen LogP contribution in [0.5, 0.6) is 0 Å². The maximum atomic E-state index is 12.7. The van der Waals surface area contributed by atoms with E-state index >= 15 is 0 Å². The Balaban J connectivity index is 1.52. The lowest BCUT2D eigenvalue weighted by Crippen LogP contribution is -2.20. The minimum atomic E-state index is -0.753. The van der Waals surface area contributed by atoms with Gasteiger partial charge in [-0.15, -0.1) is 5.10 Å². The Morgan fingerprint density at radius 1 is 1.03 bits per heavy atom. The van der Waals surface area contributed by atoms with Gasteiger partial charge in [-0.25, -0.2) is 4.79 Å². The van der Waals surface area contributed by atoms with Crippen molar-refractivity contribution in [2.45, 2.75) is 0 Å². The monoisotopic (exact) mass is 387 g/mol. The molecule has 3 aromatic heterocycles. The molecule has 0 bridgehead atoms. The maximum absolute atomic E-state index is 12.7. The van der Waals surface area contributed by atoms with E-state index in [0.717, 1.165) is 10.8 Å². The van der Waals surface area contributed by atoms with Gasteiger partial charge in [-0.3, -0.25) is 14.8 Å². The predicted molar refractivity (Wildman–Crippen MR) is 104 cm³/mol. The summed E-state index contributed by atoms with van der Waals surface area (Å²) in [5.74, 6) is -0.509. The SMILES string of the molecule is Cn1nccc1-c1nnc(NC(=O)c2cc3c(ccc4ccccc43)oc2=O)o1. The molecule has 0 aliphatic carbocycles. The van der Waals surface area contributed by atoms with Crippen LogP contribution in [-0.4, -0.2) is 25.9 Å². The number of aromatic nitrogens is 4. The predicted octanol–water partition coefficient (Wildman–Crippen LogP) is 2.98. The highest BCUT2D eigenvalue weighted by Crippen LogP contribution is 2.25. The van der Waals surface area contributed by atoms with Crippen molar-refractivity contribution in [1.29, 1.82) is 0 Å². The Morgan fingerprint density at radius 2 is 1.90 bits per heavy atom. The molecule has 1 N–H and O–H groups in total. The van der Waals surface area contributed by atoms with Crippen LogP contribution in [0.2, 0.25) is 0 Å². The molecular formula is C20H13N5O4. The first-order valence-corrected chi connectivity index (χ1v) is 8.69. The molecule has 9 nitrogen and oxygen atoms in total. The summed E-state index contributed by atoms with van der Waals surface area (Å²) in [5.41, 5.74) is 0.0852. The molecule has 0 saturated carbocycles. The summed E-state index contributed by atoms with van der Waals surface area (Å²) in [6.07, 6.45) is 1.59. The number of anilines is 1. The van der Waals surface area contributed by atoms with Gasteiger partial charge in [0.05, 0.1) is 0 Å². The topological polar surface area (TPSA) is 116 Å². The van der Waals surface area contributed by atoms with E-state index in [2.05, 4.69) is 20.6 Å². The third-order valence-corrected chi connectivity index (χ3v) is 4.57. The van der Waals surface area contributed by atoms with Gasteiger partial charge in [-0.2, -0.15) is 5.10 Å². The highest BCUT2D eigenvalue weighted by molar-refractivity contribution is 6.10. The van der Waals surface area contributed by atoms with E-state index in [1.54, 1.807) is 30.1 Å². The van der Waals surface area contributed by atoms with Crippen LogP contribution in [0.4, 0.5) is 6.01 Å². The van der Waals surface area contributed by atoms with Crippen molar-refractivity contribution in [3.8, 4) is 11.6 Å². The number of carbonyl (C=O) groups is 1. The first kappa shape index (κ1) is 16.9. The van der Waals surface area contributed by atoms with Gasteiger partial charge in [0, 0.05) is 18.6 Å². The summed E-state index contributed by atoms with van der Waals surface area (Å²) in [6, 6.07) is 14.3. The standard InChI is InChI=1S/C20H13N5O4/c1-25-15(8-9-21-25)18-23-24-20(29-18)22-17(26)14-10-13-12-5-3-2-4-11(12)6-7-16(13)28-19(14)27/h2-10H,1H3,(H,22,24,26). The number of rotatable bonds is 3. The van der Waals surface area contributed by atoms with Crippen molar-refractivity contribution < 1.29 is 13.6 Å². The van der Waals surface area contributed by atoms with Gasteiger partial charge in [0.1, 0.15) is 16.8 Å². The molecule has 142 valence electrons. The molecule has 5 aromatic rings. The first-order chi connectivity index (χ1) is 14.1. The number of aryl methyl sites for hydroxylation is 1. The fraction of sp³-hybridized carbons (Fsp3) is 0.0500. The van der Waals surface area contributed by atoms with Crippen molar-refractivity contribution in [2.75, 3.05) is 5.32 Å². The lowest BCUT2D eigenvalue weighted by atomic mass is 10.0. The van der Waals surface area contributed by atoms with E-state index in [1.807, 2.05) is 30.3 Å². The highest BCUT2D eigenvalue weighted by atomic mass is 16.4. The van der Waals surface area contributed by atoms with Crippen LogP contribution in [0.25, 0.3) is 33.3 Å². The van der Waals surface area contributed by atoms with E-state index in [4.69, 9.17) is 8.83 Å². The Kier molecular flexibility index (Phi) is 3.73. The summed E-state index contributed by atoms with van der Waals surface area (Å²) in [7, 11) is 1.72. The lowest BCUT2D eigenvalue weighted by Gasteiger charge is -2.05. The molecule has 9 heteroatoms. The van der Waals surface area contributed by atoms with Gasteiger partial charge >= 0.3 is 11.6 Å². The average Bonchev–Trinajstić information content (AvgIpc) is 3.35. The molecule has 0 saturated heterocycles. The molecule has 0 fully saturated rings. The number of benzene rings is 2. The Labute approximate surface area is 162 Å². The molecule has 0 radical (unpaired) electrons. The third-order valence-electron chi connectivity index (χ3n) is 4.57. The van der Waals surface area contributed by atoms with E-state index < -0.39 is 11.5 Å². The fourth-order valence-electron chi connectivity index (χ4n) is 3.16. The Morgan fingerprint density at radius 3 is 2.72 bits per heavy atom. The highest BCUT2D eigenvalue weighted by Gasteiger charge is 2.19. The van der Waals surface area contributed by atoms with Crippen LogP contribution in [0.1, 0.15) is 10.4 Å². The van der Waals surface area contributed by atoms with E-state index in [-0.39, 0.29) is 17.5 Å². The molecule has 29 heavy (non-hydrogen) atoms. The molecule has 0 spiro atoms. The van der Waals surface area contributed by atoms with Crippen LogP contribution in [-0.2, 0) is 7.05 Å². The van der Waals surface area contributed by atoms with E-state index in [9.17, 15) is 9.59 Å². The third kappa shape index (κ3) is 2.85. The van der Waals surface area contributed by atoms with Gasteiger partial charge in [-0.05, 0) is 29.0 Å². The normalized spacial score (nSPS) is 11.2. The summed E-state index contributed by atoms with van der Waals surface area (Å²) in [5, 5.41) is 16.7. The van der Waals surface area contributed by atoms with Crippen molar-refractivity contribution >= 4 is 33.7 Å². The zero-order valence-corrected chi connectivity index (χ0v) is 15.1. The molecule has 0 aliphatic heterocycles. The summed E-state index contributed by atoms with van der Waals surface area (Å²) >= 11 is 0. The van der Waals surface area contributed by atoms with Crippen LogP contribution in [0, 0.1) is 0 Å². The molecule has 0 aliphatic rings. The van der Waals surface area contributed by atoms with Crippen LogP contribution in [0.3, 0.4) is 0 Å². The largest absolute Gasteiger partial charge is 0.422 e. The van der Waals surface area contributed by atoms with Crippen LogP contribution < -0.4 is 10.9 Å². The molecule has 3 heterocycles. The van der Waals surface area contributed by atoms with Crippen molar-refractivity contribution in [3.05, 3.63) is 70.7 Å². The van der Waals surface area contributed by atoms with Gasteiger partial charge in [0.15, 0.2) is 0 Å². The molecule has 1 amide bonds. The van der Waals surface area contributed by atoms with Crippen molar-refractivity contribution in [1.82, 2.24) is 20.0 Å². The molecule has 0 unspecified atom stereocenters. The molecule has 5 rings (SSSR count). The number of carbonyl (C=O) groups excluding carboxylic acids is 1. The van der Waals surface area contributed by atoms with Crippen molar-refractivity contribution in [3.63, 3.8) is 0 Å². The molecular weight excluding hydrogens is 374 g/mol. The number of amides is 1. The maximum Gasteiger partial charge on any atom is 0.349 e. The quantitative estimate of drug-likeness (QED) is 0.374. The number of nitrogens with zero attached hydrogens (tertiary/aromatic N) is 4. The summed E-state index contributed by atoms with van der Waals surface area (Å²) in [6.45, 7) is 0. The van der Waals surface area contributed by atoms with Crippen LogP contribution in [0.15, 0.2) is 68.4 Å². The van der Waals surface area contributed by atoms with Crippen molar-refractivity contribution in [2.24, 2.45) is 7.05 Å². The Hall–Kier alpha value is -4.27. The second kappa shape index (κ2) is 6.41. The summed E-state index contributed by atoms with van der Waals surface area (Å²) in [4.78, 5) is 25.0. The zero-order chi connectivity index (χ0) is 20.0. The average molecular weight is 387 g/mol. The van der Waals surface area contributed by atoms with E-state index in [0.29, 0.717) is 16.7 Å². The smallest absolute Gasteiger partial charge is 0.349 e. The Bertz CT molecular complexity index is 1450. The number of fused-ring (bicyclic) bond motifs is 3. The zero-order valence-electron chi connectivity index (χ0n) is 15.1. The second-order valence-electron chi connectivity index (χ2n) is 6.35. The van der Waals surface area contributed by atoms with Gasteiger partial charge < -0.3 is 8.83 Å². The van der Waals surface area contributed by atoms with Crippen LogP contribution >= 0.6 is 0 Å². The molecule has 0 atom stereocenters. The first-order valence-electron chi connectivity index (χ1n) is 8.69. The summed E-state index contributed by atoms with van der Waals surface area (Å²) < 4.78 is 12.4. The van der Waals surface area contributed by atoms with E-state index in [1.165, 1.54) is 6.07 Å². The number of nitrogens with one attached hydrogen (secondary N) is 1. The lowest BCUT2D eigenvalue weighted by molar-refractivity contribution is 0.102. The molecule has 2 aromatic carbocycles. The number of hydrogen-bond donors (Lipinski definition) is 1. The second-order valence-corrected chi connectivity index (χ2v) is 6.35. The van der Waals surface area contributed by atoms with Gasteiger partial charge in [-0.1, -0.05) is 35.4 Å². The van der Waals surface area contributed by atoms with Gasteiger partial charge in [0.25, 0.3) is 11.8 Å². The minimum absolute atomic E-state index is 0.136. The minimum Gasteiger partial charge on any atom is -0.422 e. The van der Waals surface area contributed by atoms with Gasteiger partial charge in [0.2, 0.25) is 0 Å². The number of hydrogen-bond acceptors (Lipinski definition) is 7. The fourth-order valence-corrected chi connectivity index (χ4v) is 3.16.